The normalized spacial score (nSPS) is 27.0. The lowest BCUT2D eigenvalue weighted by molar-refractivity contribution is 0.620. The summed E-state index contributed by atoms with van der Waals surface area (Å²) in [6.07, 6.45) is 1.32. The van der Waals surface area contributed by atoms with E-state index in [1.54, 1.807) is 0 Å². The third-order valence-electron chi connectivity index (χ3n) is 2.45. The largest absolute Gasteiger partial charge is 0.246 e. The highest BCUT2D eigenvalue weighted by Gasteiger charge is 2.48. The number of hydrogen-bond donors (Lipinski definition) is 0. The Balaban J connectivity index is 2.20. The highest BCUT2D eigenvalue weighted by atomic mass is 32.1. The molecule has 1 heterocycles. The molecule has 0 aliphatic heterocycles. The van der Waals surface area contributed by atoms with Crippen LogP contribution in [0.4, 0.5) is 0 Å². The van der Waals surface area contributed by atoms with Gasteiger partial charge in [-0.1, -0.05) is 13.8 Å². The SMILES string of the molecule is Cc1csc(C2CC2(C)C)n1. The van der Waals surface area contributed by atoms with Crippen LogP contribution in [0.25, 0.3) is 0 Å². The van der Waals surface area contributed by atoms with Gasteiger partial charge >= 0.3 is 0 Å². The second-order valence-corrected chi connectivity index (χ2v) is 4.96. The Morgan fingerprint density at radius 3 is 2.64 bits per heavy atom. The van der Waals surface area contributed by atoms with Gasteiger partial charge < -0.3 is 0 Å². The predicted octanol–water partition coefficient (Wildman–Crippen LogP) is 2.97. The zero-order valence-electron chi connectivity index (χ0n) is 7.22. The predicted molar refractivity (Wildman–Crippen MR) is 48.0 cm³/mol. The van der Waals surface area contributed by atoms with Crippen molar-refractivity contribution in [2.45, 2.75) is 33.1 Å². The molecule has 1 aliphatic carbocycles. The first-order valence-corrected chi connectivity index (χ1v) is 4.89. The van der Waals surface area contributed by atoms with Gasteiger partial charge in [0.2, 0.25) is 0 Å². The molecule has 0 bridgehead atoms. The third kappa shape index (κ3) is 1.20. The summed E-state index contributed by atoms with van der Waals surface area (Å²) in [4.78, 5) is 4.49. The van der Waals surface area contributed by atoms with Gasteiger partial charge in [-0.25, -0.2) is 4.98 Å². The van der Waals surface area contributed by atoms with Crippen LogP contribution in [0.2, 0.25) is 0 Å². The van der Waals surface area contributed by atoms with Crippen molar-refractivity contribution in [2.75, 3.05) is 0 Å². The molecular weight excluding hydrogens is 154 g/mol. The van der Waals surface area contributed by atoms with Gasteiger partial charge in [-0.05, 0) is 18.8 Å². The molecule has 11 heavy (non-hydrogen) atoms. The van der Waals surface area contributed by atoms with Crippen molar-refractivity contribution < 1.29 is 0 Å². The van der Waals surface area contributed by atoms with E-state index in [0.717, 1.165) is 5.92 Å². The van der Waals surface area contributed by atoms with Gasteiger partial charge in [0.25, 0.3) is 0 Å². The van der Waals surface area contributed by atoms with Crippen LogP contribution >= 0.6 is 11.3 Å². The molecule has 1 aliphatic rings. The summed E-state index contributed by atoms with van der Waals surface area (Å²) in [5, 5.41) is 3.48. The summed E-state index contributed by atoms with van der Waals surface area (Å²) in [7, 11) is 0. The Hall–Kier alpha value is -0.370. The third-order valence-corrected chi connectivity index (χ3v) is 3.52. The lowest BCUT2D eigenvalue weighted by Gasteiger charge is -1.97. The average molecular weight is 167 g/mol. The van der Waals surface area contributed by atoms with Crippen LogP contribution in [0.1, 0.15) is 36.9 Å². The topological polar surface area (TPSA) is 12.9 Å². The summed E-state index contributed by atoms with van der Waals surface area (Å²) < 4.78 is 0. The van der Waals surface area contributed by atoms with E-state index in [1.165, 1.54) is 17.1 Å². The molecule has 0 amide bonds. The minimum Gasteiger partial charge on any atom is -0.246 e. The number of thiazole rings is 1. The van der Waals surface area contributed by atoms with Gasteiger partial charge in [0, 0.05) is 17.0 Å². The van der Waals surface area contributed by atoms with Gasteiger partial charge in [0.05, 0.1) is 5.01 Å². The molecule has 2 heteroatoms. The Morgan fingerprint density at radius 2 is 2.27 bits per heavy atom. The summed E-state index contributed by atoms with van der Waals surface area (Å²) >= 11 is 1.81. The van der Waals surface area contributed by atoms with E-state index in [0.29, 0.717) is 5.41 Å². The molecule has 1 aromatic rings. The van der Waals surface area contributed by atoms with Crippen LogP contribution in [0.3, 0.4) is 0 Å². The number of hydrogen-bond acceptors (Lipinski definition) is 2. The number of nitrogens with zero attached hydrogens (tertiary/aromatic N) is 1. The fourth-order valence-electron chi connectivity index (χ4n) is 1.42. The quantitative estimate of drug-likeness (QED) is 0.626. The second-order valence-electron chi connectivity index (χ2n) is 4.07. The van der Waals surface area contributed by atoms with Crippen molar-refractivity contribution >= 4 is 11.3 Å². The summed E-state index contributed by atoms with van der Waals surface area (Å²) in [6.45, 7) is 6.69. The first-order chi connectivity index (χ1) is 5.09. The van der Waals surface area contributed by atoms with E-state index in [9.17, 15) is 0 Å². The molecule has 1 unspecified atom stereocenters. The first kappa shape index (κ1) is 7.29. The number of aromatic nitrogens is 1. The van der Waals surface area contributed by atoms with Gasteiger partial charge in [-0.3, -0.25) is 0 Å². The van der Waals surface area contributed by atoms with E-state index in [1.807, 2.05) is 11.3 Å². The Bertz CT molecular complexity index is 275. The smallest absolute Gasteiger partial charge is 0.0964 e. The second kappa shape index (κ2) is 2.07. The standard InChI is InChI=1S/C9H13NS/c1-6-5-11-8(10-6)7-4-9(7,2)3/h5,7H,4H2,1-3H3. The Labute approximate surface area is 71.5 Å². The molecular formula is C9H13NS. The van der Waals surface area contributed by atoms with Crippen molar-refractivity contribution in [2.24, 2.45) is 5.41 Å². The van der Waals surface area contributed by atoms with E-state index in [4.69, 9.17) is 0 Å². The van der Waals surface area contributed by atoms with Crippen molar-refractivity contribution in [3.05, 3.63) is 16.1 Å². The average Bonchev–Trinajstić information content (AvgIpc) is 2.39. The Kier molecular flexibility index (Phi) is 1.37. The zero-order chi connectivity index (χ0) is 8.06. The number of aryl methyl sites for hydroxylation is 1. The molecule has 0 saturated heterocycles. The van der Waals surface area contributed by atoms with E-state index in [2.05, 4.69) is 31.1 Å². The van der Waals surface area contributed by atoms with Crippen molar-refractivity contribution in [3.8, 4) is 0 Å². The summed E-state index contributed by atoms with van der Waals surface area (Å²) in [5.74, 6) is 0.751. The zero-order valence-corrected chi connectivity index (χ0v) is 8.03. The molecule has 60 valence electrons. The van der Waals surface area contributed by atoms with Crippen LogP contribution < -0.4 is 0 Å². The fourth-order valence-corrected chi connectivity index (χ4v) is 2.53. The van der Waals surface area contributed by atoms with E-state index < -0.39 is 0 Å². The van der Waals surface area contributed by atoms with Crippen LogP contribution in [-0.2, 0) is 0 Å². The molecule has 1 saturated carbocycles. The maximum absolute atomic E-state index is 4.49. The molecule has 1 aromatic heterocycles. The van der Waals surface area contributed by atoms with Crippen LogP contribution in [0, 0.1) is 12.3 Å². The monoisotopic (exact) mass is 167 g/mol. The van der Waals surface area contributed by atoms with Crippen molar-refractivity contribution in [3.63, 3.8) is 0 Å². The highest BCUT2D eigenvalue weighted by molar-refractivity contribution is 7.09. The van der Waals surface area contributed by atoms with Crippen molar-refractivity contribution in [1.82, 2.24) is 4.98 Å². The molecule has 0 radical (unpaired) electrons. The van der Waals surface area contributed by atoms with Crippen molar-refractivity contribution in [1.29, 1.82) is 0 Å². The molecule has 0 aromatic carbocycles. The summed E-state index contributed by atoms with van der Waals surface area (Å²) in [6, 6.07) is 0. The minimum atomic E-state index is 0.532. The molecule has 0 N–H and O–H groups in total. The van der Waals surface area contributed by atoms with Gasteiger partial charge in [0.15, 0.2) is 0 Å². The first-order valence-electron chi connectivity index (χ1n) is 4.01. The van der Waals surface area contributed by atoms with Gasteiger partial charge in [-0.2, -0.15) is 0 Å². The molecule has 1 atom stereocenters. The van der Waals surface area contributed by atoms with Crippen LogP contribution in [0.15, 0.2) is 5.38 Å². The lowest BCUT2D eigenvalue weighted by atomic mass is 10.1. The van der Waals surface area contributed by atoms with E-state index >= 15 is 0 Å². The Morgan fingerprint density at radius 1 is 1.64 bits per heavy atom. The van der Waals surface area contributed by atoms with Crippen LogP contribution in [0.5, 0.6) is 0 Å². The lowest BCUT2D eigenvalue weighted by Crippen LogP contribution is -1.88. The minimum absolute atomic E-state index is 0.532. The fraction of sp³-hybridized carbons (Fsp3) is 0.667. The van der Waals surface area contributed by atoms with Gasteiger partial charge in [0.1, 0.15) is 0 Å². The molecule has 0 spiro atoms. The summed E-state index contributed by atoms with van der Waals surface area (Å²) in [5.41, 5.74) is 1.71. The molecule has 1 nitrogen and oxygen atoms in total. The van der Waals surface area contributed by atoms with E-state index in [-0.39, 0.29) is 0 Å². The highest BCUT2D eigenvalue weighted by Crippen LogP contribution is 2.58. The molecule has 2 rings (SSSR count). The molecule has 1 fully saturated rings. The maximum Gasteiger partial charge on any atom is 0.0964 e. The number of rotatable bonds is 1. The van der Waals surface area contributed by atoms with Crippen LogP contribution in [-0.4, -0.2) is 4.98 Å². The maximum atomic E-state index is 4.49. The van der Waals surface area contributed by atoms with Gasteiger partial charge in [-0.15, -0.1) is 11.3 Å².